The quantitative estimate of drug-likeness (QED) is 0.811. The van der Waals surface area contributed by atoms with E-state index < -0.39 is 0 Å². The third-order valence-electron chi connectivity index (χ3n) is 3.30. The van der Waals surface area contributed by atoms with Crippen LogP contribution in [0.25, 0.3) is 5.65 Å². The Morgan fingerprint density at radius 2 is 1.82 bits per heavy atom. The maximum Gasteiger partial charge on any atom is 0.240 e. The van der Waals surface area contributed by atoms with E-state index in [9.17, 15) is 0 Å². The van der Waals surface area contributed by atoms with Gasteiger partial charge in [0, 0.05) is 13.1 Å². The fraction of sp³-hybridized carbons (Fsp3) is 0.500. The first-order valence-corrected chi connectivity index (χ1v) is 6.20. The third-order valence-corrected chi connectivity index (χ3v) is 3.30. The van der Waals surface area contributed by atoms with Crippen molar-refractivity contribution in [1.29, 1.82) is 0 Å². The van der Waals surface area contributed by atoms with E-state index in [4.69, 9.17) is 5.73 Å². The molecule has 0 spiro atoms. The molecule has 5 heteroatoms. The molecule has 0 radical (unpaired) electrons. The molecule has 0 bridgehead atoms. The molecule has 5 nitrogen and oxygen atoms in total. The van der Waals surface area contributed by atoms with Gasteiger partial charge in [-0.05, 0) is 25.0 Å². The van der Waals surface area contributed by atoms with Crippen LogP contribution in [-0.2, 0) is 0 Å². The SMILES string of the molecule is Nc1nc2ccc(N3CCCCCC3)cn2n1. The molecule has 0 saturated carbocycles. The predicted molar refractivity (Wildman–Crippen MR) is 68.1 cm³/mol. The predicted octanol–water partition coefficient (Wildman–Crippen LogP) is 1.69. The second-order valence-electron chi connectivity index (χ2n) is 4.56. The lowest BCUT2D eigenvalue weighted by atomic mass is 10.2. The van der Waals surface area contributed by atoms with E-state index in [0.29, 0.717) is 5.95 Å². The summed E-state index contributed by atoms with van der Waals surface area (Å²) in [5, 5.41) is 4.15. The third kappa shape index (κ3) is 2.05. The van der Waals surface area contributed by atoms with Gasteiger partial charge in [-0.1, -0.05) is 12.8 Å². The second-order valence-corrected chi connectivity index (χ2v) is 4.56. The summed E-state index contributed by atoms with van der Waals surface area (Å²) < 4.78 is 1.76. The van der Waals surface area contributed by atoms with E-state index in [-0.39, 0.29) is 0 Å². The van der Waals surface area contributed by atoms with Crippen LogP contribution in [0.3, 0.4) is 0 Å². The zero-order valence-corrected chi connectivity index (χ0v) is 9.84. The largest absolute Gasteiger partial charge is 0.370 e. The Bertz CT molecular complexity index is 511. The van der Waals surface area contributed by atoms with Crippen LogP contribution in [0.2, 0.25) is 0 Å². The van der Waals surface area contributed by atoms with E-state index >= 15 is 0 Å². The second kappa shape index (κ2) is 4.24. The Hall–Kier alpha value is -1.78. The van der Waals surface area contributed by atoms with E-state index in [2.05, 4.69) is 21.0 Å². The minimum atomic E-state index is 0.331. The van der Waals surface area contributed by atoms with E-state index in [1.165, 1.54) is 31.4 Å². The summed E-state index contributed by atoms with van der Waals surface area (Å²) in [6.07, 6.45) is 7.25. The van der Waals surface area contributed by atoms with Gasteiger partial charge in [0.1, 0.15) is 0 Å². The van der Waals surface area contributed by atoms with Gasteiger partial charge in [-0.3, -0.25) is 0 Å². The van der Waals surface area contributed by atoms with Crippen molar-refractivity contribution in [3.8, 4) is 0 Å². The standard InChI is InChI=1S/C12H17N5/c13-12-14-11-6-5-10(9-17(11)15-12)16-7-3-1-2-4-8-16/h5-6,9H,1-4,7-8H2,(H2,13,15). The van der Waals surface area contributed by atoms with Crippen LogP contribution < -0.4 is 10.6 Å². The Balaban J connectivity index is 1.93. The molecular formula is C12H17N5. The van der Waals surface area contributed by atoms with Crippen LogP contribution >= 0.6 is 0 Å². The molecule has 17 heavy (non-hydrogen) atoms. The Labute approximate surface area is 100 Å². The molecule has 0 aromatic carbocycles. The molecule has 1 aliphatic heterocycles. The van der Waals surface area contributed by atoms with Crippen molar-refractivity contribution in [2.75, 3.05) is 23.7 Å². The smallest absolute Gasteiger partial charge is 0.240 e. The number of nitrogens with zero attached hydrogens (tertiary/aromatic N) is 4. The first-order chi connectivity index (χ1) is 8.33. The first-order valence-electron chi connectivity index (χ1n) is 6.20. The van der Waals surface area contributed by atoms with Gasteiger partial charge in [0.25, 0.3) is 0 Å². The highest BCUT2D eigenvalue weighted by atomic mass is 15.3. The van der Waals surface area contributed by atoms with Crippen LogP contribution in [0, 0.1) is 0 Å². The van der Waals surface area contributed by atoms with Crippen molar-refractivity contribution < 1.29 is 0 Å². The lowest BCUT2D eigenvalue weighted by Crippen LogP contribution is -2.24. The molecule has 1 fully saturated rings. The van der Waals surface area contributed by atoms with Crippen molar-refractivity contribution >= 4 is 17.3 Å². The number of anilines is 2. The summed E-state index contributed by atoms with van der Waals surface area (Å²) in [6, 6.07) is 4.08. The maximum atomic E-state index is 5.59. The van der Waals surface area contributed by atoms with Crippen molar-refractivity contribution in [1.82, 2.24) is 14.6 Å². The van der Waals surface area contributed by atoms with Crippen molar-refractivity contribution in [3.05, 3.63) is 18.3 Å². The van der Waals surface area contributed by atoms with Gasteiger partial charge in [-0.2, -0.15) is 4.98 Å². The monoisotopic (exact) mass is 231 g/mol. The minimum Gasteiger partial charge on any atom is -0.370 e. The Morgan fingerprint density at radius 3 is 2.59 bits per heavy atom. The van der Waals surface area contributed by atoms with Gasteiger partial charge in [0.15, 0.2) is 5.65 Å². The fourth-order valence-corrected chi connectivity index (χ4v) is 2.41. The molecule has 90 valence electrons. The summed E-state index contributed by atoms with van der Waals surface area (Å²) in [5.41, 5.74) is 7.61. The first kappa shape index (κ1) is 10.4. The topological polar surface area (TPSA) is 59.5 Å². The average molecular weight is 231 g/mol. The van der Waals surface area contributed by atoms with Crippen molar-refractivity contribution in [2.24, 2.45) is 0 Å². The van der Waals surface area contributed by atoms with E-state index in [1.54, 1.807) is 4.52 Å². The average Bonchev–Trinajstić information content (AvgIpc) is 2.53. The lowest BCUT2D eigenvalue weighted by molar-refractivity contribution is 0.726. The maximum absolute atomic E-state index is 5.59. The summed E-state index contributed by atoms with van der Waals surface area (Å²) in [7, 11) is 0. The number of fused-ring (bicyclic) bond motifs is 1. The summed E-state index contributed by atoms with van der Waals surface area (Å²) >= 11 is 0. The fourth-order valence-electron chi connectivity index (χ4n) is 2.41. The van der Waals surface area contributed by atoms with Gasteiger partial charge in [-0.25, -0.2) is 4.52 Å². The van der Waals surface area contributed by atoms with Gasteiger partial charge in [-0.15, -0.1) is 5.10 Å². The minimum absolute atomic E-state index is 0.331. The zero-order valence-electron chi connectivity index (χ0n) is 9.84. The summed E-state index contributed by atoms with van der Waals surface area (Å²) in [4.78, 5) is 6.55. The number of nitrogens with two attached hydrogens (primary N) is 1. The van der Waals surface area contributed by atoms with Crippen LogP contribution in [0.15, 0.2) is 18.3 Å². The van der Waals surface area contributed by atoms with Gasteiger partial charge in [0.2, 0.25) is 5.95 Å². The Morgan fingerprint density at radius 1 is 1.06 bits per heavy atom. The lowest BCUT2D eigenvalue weighted by Gasteiger charge is -2.22. The van der Waals surface area contributed by atoms with Gasteiger partial charge < -0.3 is 10.6 Å². The van der Waals surface area contributed by atoms with Crippen LogP contribution in [0.5, 0.6) is 0 Å². The highest BCUT2D eigenvalue weighted by molar-refractivity contribution is 5.52. The number of hydrogen-bond donors (Lipinski definition) is 1. The molecule has 3 heterocycles. The van der Waals surface area contributed by atoms with Crippen LogP contribution in [0.4, 0.5) is 11.6 Å². The molecule has 3 rings (SSSR count). The highest BCUT2D eigenvalue weighted by Gasteiger charge is 2.11. The molecule has 1 saturated heterocycles. The van der Waals surface area contributed by atoms with Crippen LogP contribution in [0.1, 0.15) is 25.7 Å². The Kier molecular flexibility index (Phi) is 2.59. The molecule has 0 amide bonds. The summed E-state index contributed by atoms with van der Waals surface area (Å²) in [6.45, 7) is 2.27. The zero-order chi connectivity index (χ0) is 11.7. The van der Waals surface area contributed by atoms with E-state index in [1.807, 2.05) is 12.3 Å². The number of nitrogen functional groups attached to an aromatic ring is 1. The van der Waals surface area contributed by atoms with E-state index in [0.717, 1.165) is 18.7 Å². The van der Waals surface area contributed by atoms with Crippen molar-refractivity contribution in [3.63, 3.8) is 0 Å². The molecular weight excluding hydrogens is 214 g/mol. The van der Waals surface area contributed by atoms with Gasteiger partial charge in [0.05, 0.1) is 11.9 Å². The summed E-state index contributed by atoms with van der Waals surface area (Å²) in [5.74, 6) is 0.331. The number of pyridine rings is 1. The molecule has 2 N–H and O–H groups in total. The molecule has 0 atom stereocenters. The number of hydrogen-bond acceptors (Lipinski definition) is 4. The molecule has 0 aliphatic carbocycles. The van der Waals surface area contributed by atoms with Crippen LogP contribution in [-0.4, -0.2) is 27.7 Å². The number of rotatable bonds is 1. The normalized spacial score (nSPS) is 17.3. The van der Waals surface area contributed by atoms with Gasteiger partial charge >= 0.3 is 0 Å². The van der Waals surface area contributed by atoms with Crippen molar-refractivity contribution in [2.45, 2.75) is 25.7 Å². The molecule has 1 aliphatic rings. The molecule has 2 aromatic heterocycles. The highest BCUT2D eigenvalue weighted by Crippen LogP contribution is 2.19. The molecule has 0 unspecified atom stereocenters. The molecule has 2 aromatic rings. The number of aromatic nitrogens is 3.